The number of hydrogen-bond donors (Lipinski definition) is 4. The summed E-state index contributed by atoms with van der Waals surface area (Å²) in [7, 11) is -3.85. The summed E-state index contributed by atoms with van der Waals surface area (Å²) in [5, 5.41) is 11.7. The minimum absolute atomic E-state index is 0.0260. The number of hydrogen-bond acceptors (Lipinski definition) is 4. The minimum atomic E-state index is -3.85. The largest absolute Gasteiger partial charge is 0.493 e. The van der Waals surface area contributed by atoms with Gasteiger partial charge in [0.1, 0.15) is 12.4 Å². The molecule has 1 amide bonds. The molecule has 1 aromatic rings. The smallest absolute Gasteiger partial charge is 0.325 e. The van der Waals surface area contributed by atoms with Gasteiger partial charge in [-0.05, 0) is 44.0 Å². The van der Waals surface area contributed by atoms with Crippen molar-refractivity contribution in [3.05, 3.63) is 24.3 Å². The summed E-state index contributed by atoms with van der Waals surface area (Å²) in [6.45, 7) is 1.67. The van der Waals surface area contributed by atoms with Gasteiger partial charge in [0.15, 0.2) is 0 Å². The predicted molar refractivity (Wildman–Crippen MR) is 116 cm³/mol. The first-order chi connectivity index (χ1) is 14.2. The predicted octanol–water partition coefficient (Wildman–Crippen LogP) is 4.41. The zero-order valence-corrected chi connectivity index (χ0v) is 18.5. The van der Waals surface area contributed by atoms with Gasteiger partial charge >= 0.3 is 13.6 Å². The van der Waals surface area contributed by atoms with Crippen LogP contribution in [0.1, 0.15) is 64.7 Å². The maximum absolute atomic E-state index is 12.0. The van der Waals surface area contributed by atoms with Crippen LogP contribution in [0.15, 0.2) is 24.3 Å². The molecule has 1 unspecified atom stereocenters. The Labute approximate surface area is 178 Å². The topological polar surface area (TPSA) is 133 Å². The molecule has 0 saturated heterocycles. The van der Waals surface area contributed by atoms with Crippen molar-refractivity contribution in [2.24, 2.45) is 5.92 Å². The molecule has 9 heteroatoms. The van der Waals surface area contributed by atoms with Crippen LogP contribution >= 0.6 is 7.60 Å². The Kier molecular flexibility index (Phi) is 12.4. The Morgan fingerprint density at radius 1 is 0.967 bits per heavy atom. The lowest BCUT2D eigenvalue weighted by atomic mass is 10.1. The minimum Gasteiger partial charge on any atom is -0.493 e. The van der Waals surface area contributed by atoms with Crippen molar-refractivity contribution in [1.29, 1.82) is 0 Å². The summed E-state index contributed by atoms with van der Waals surface area (Å²) in [6, 6.07) is 6.85. The highest BCUT2D eigenvalue weighted by Gasteiger charge is 2.12. The number of unbranched alkanes of at least 4 members (excludes halogenated alkanes) is 7. The molecule has 1 atom stereocenters. The van der Waals surface area contributed by atoms with E-state index >= 15 is 0 Å². The molecule has 30 heavy (non-hydrogen) atoms. The van der Waals surface area contributed by atoms with Gasteiger partial charge in [-0.1, -0.05) is 38.5 Å². The fourth-order valence-electron chi connectivity index (χ4n) is 2.81. The second-order valence-corrected chi connectivity index (χ2v) is 9.37. The lowest BCUT2D eigenvalue weighted by molar-refractivity contribution is -0.142. The Morgan fingerprint density at radius 2 is 1.50 bits per heavy atom. The molecule has 0 radical (unpaired) electrons. The van der Waals surface area contributed by atoms with E-state index in [1.54, 1.807) is 31.2 Å². The van der Waals surface area contributed by atoms with Gasteiger partial charge < -0.3 is 24.9 Å². The monoisotopic (exact) mass is 443 g/mol. The quantitative estimate of drug-likeness (QED) is 0.220. The highest BCUT2D eigenvalue weighted by atomic mass is 31.2. The zero-order valence-electron chi connectivity index (χ0n) is 17.6. The van der Waals surface area contributed by atoms with E-state index in [1.165, 1.54) is 0 Å². The van der Waals surface area contributed by atoms with Crippen LogP contribution in [0.25, 0.3) is 0 Å². The first-order valence-corrected chi connectivity index (χ1v) is 12.3. The van der Waals surface area contributed by atoms with Crippen LogP contribution in [0.2, 0.25) is 0 Å². The second kappa shape index (κ2) is 14.2. The molecule has 4 N–H and O–H groups in total. The molecule has 0 saturated carbocycles. The number of carbonyl (C=O) groups is 2. The van der Waals surface area contributed by atoms with Crippen LogP contribution in [0, 0.1) is 5.92 Å². The zero-order chi connectivity index (χ0) is 22.4. The van der Waals surface area contributed by atoms with Gasteiger partial charge in [-0.3, -0.25) is 14.2 Å². The highest BCUT2D eigenvalue weighted by molar-refractivity contribution is 7.51. The number of aliphatic carboxylic acids is 1. The van der Waals surface area contributed by atoms with Crippen LogP contribution in [-0.4, -0.2) is 39.5 Å². The van der Waals surface area contributed by atoms with Crippen molar-refractivity contribution < 1.29 is 33.8 Å². The third kappa shape index (κ3) is 13.4. The van der Waals surface area contributed by atoms with Crippen molar-refractivity contribution in [3.63, 3.8) is 0 Å². The average molecular weight is 443 g/mol. The van der Waals surface area contributed by atoms with Crippen LogP contribution < -0.4 is 10.1 Å². The summed E-state index contributed by atoms with van der Waals surface area (Å²) < 4.78 is 16.1. The lowest BCUT2D eigenvalue weighted by Crippen LogP contribution is -2.17. The van der Waals surface area contributed by atoms with Gasteiger partial charge in [-0.15, -0.1) is 0 Å². The maximum Gasteiger partial charge on any atom is 0.325 e. The number of rotatable bonds is 16. The Morgan fingerprint density at radius 3 is 2.03 bits per heavy atom. The number of carboxylic acids is 1. The van der Waals surface area contributed by atoms with Crippen LogP contribution in [0.3, 0.4) is 0 Å². The Hall–Kier alpha value is -1.89. The average Bonchev–Trinajstić information content (AvgIpc) is 2.67. The van der Waals surface area contributed by atoms with Gasteiger partial charge in [0.05, 0.1) is 5.92 Å². The maximum atomic E-state index is 12.0. The molecule has 170 valence electrons. The van der Waals surface area contributed by atoms with E-state index in [2.05, 4.69) is 5.32 Å². The van der Waals surface area contributed by atoms with Crippen molar-refractivity contribution in [2.45, 2.75) is 64.7 Å². The number of nitrogens with one attached hydrogen (secondary N) is 1. The van der Waals surface area contributed by atoms with E-state index in [0.717, 1.165) is 44.9 Å². The van der Waals surface area contributed by atoms with Crippen molar-refractivity contribution in [1.82, 2.24) is 0 Å². The molecular formula is C21H34NO7P. The molecule has 0 fully saturated rings. The fraction of sp³-hybridized carbons (Fsp3) is 0.619. The first kappa shape index (κ1) is 26.1. The normalized spacial score (nSPS) is 12.4. The third-order valence-corrected chi connectivity index (χ3v) is 5.56. The summed E-state index contributed by atoms with van der Waals surface area (Å²) in [6.07, 6.45) is 7.78. The number of carbonyl (C=O) groups excluding carboxylic acids is 1. The van der Waals surface area contributed by atoms with Gasteiger partial charge in [0, 0.05) is 18.3 Å². The standard InChI is InChI=1S/C21H34NO7P/c1-17(21(24)25)16-29-19-13-11-18(12-14-19)22-20(23)10-8-6-4-2-3-5-7-9-15-30(26,27)28/h11-14,17H,2-10,15-16H2,1H3,(H,22,23)(H,24,25)(H2,26,27,28). The first-order valence-electron chi connectivity index (χ1n) is 10.5. The van der Waals surface area contributed by atoms with E-state index in [-0.39, 0.29) is 18.7 Å². The van der Waals surface area contributed by atoms with E-state index in [9.17, 15) is 14.2 Å². The van der Waals surface area contributed by atoms with E-state index < -0.39 is 19.5 Å². The van der Waals surface area contributed by atoms with Gasteiger partial charge in [-0.2, -0.15) is 0 Å². The summed E-state index contributed by atoms with van der Waals surface area (Å²) in [5.74, 6) is -0.974. The van der Waals surface area contributed by atoms with Crippen LogP contribution in [0.5, 0.6) is 5.75 Å². The van der Waals surface area contributed by atoms with Gasteiger partial charge in [-0.25, -0.2) is 0 Å². The Balaban J connectivity index is 2.07. The van der Waals surface area contributed by atoms with E-state index in [1.807, 2.05) is 0 Å². The molecule has 0 aliphatic heterocycles. The molecule has 8 nitrogen and oxygen atoms in total. The van der Waals surface area contributed by atoms with Crippen molar-refractivity contribution in [3.8, 4) is 5.75 Å². The summed E-state index contributed by atoms with van der Waals surface area (Å²) in [4.78, 5) is 40.3. The molecular weight excluding hydrogens is 409 g/mol. The second-order valence-electron chi connectivity index (χ2n) is 7.59. The van der Waals surface area contributed by atoms with Crippen molar-refractivity contribution in [2.75, 3.05) is 18.1 Å². The highest BCUT2D eigenvalue weighted by Crippen LogP contribution is 2.35. The number of benzene rings is 1. The molecule has 0 bridgehead atoms. The number of carboxylic acid groups (broad SMARTS) is 1. The molecule has 0 spiro atoms. The van der Waals surface area contributed by atoms with Crippen molar-refractivity contribution >= 4 is 25.2 Å². The van der Waals surface area contributed by atoms with E-state index in [4.69, 9.17) is 19.6 Å². The summed E-state index contributed by atoms with van der Waals surface area (Å²) >= 11 is 0. The van der Waals surface area contributed by atoms with Gasteiger partial charge in [0.2, 0.25) is 5.91 Å². The SMILES string of the molecule is CC(COc1ccc(NC(=O)CCCCCCCCCCP(=O)(O)O)cc1)C(=O)O. The van der Waals surface area contributed by atoms with E-state index in [0.29, 0.717) is 24.3 Å². The number of anilines is 1. The summed E-state index contributed by atoms with van der Waals surface area (Å²) in [5.41, 5.74) is 0.675. The number of amides is 1. The molecule has 1 rings (SSSR count). The lowest BCUT2D eigenvalue weighted by Gasteiger charge is -2.10. The Bertz CT molecular complexity index is 687. The fourth-order valence-corrected chi connectivity index (χ4v) is 3.45. The number of ether oxygens (including phenoxy) is 1. The van der Waals surface area contributed by atoms with Gasteiger partial charge in [0.25, 0.3) is 0 Å². The molecule has 0 aromatic heterocycles. The van der Waals surface area contributed by atoms with Crippen LogP contribution in [0.4, 0.5) is 5.69 Å². The third-order valence-electron chi connectivity index (χ3n) is 4.66. The van der Waals surface area contributed by atoms with Crippen LogP contribution in [-0.2, 0) is 14.2 Å². The molecule has 0 heterocycles. The molecule has 0 aliphatic carbocycles. The molecule has 1 aromatic carbocycles. The molecule has 0 aliphatic rings.